The van der Waals surface area contributed by atoms with Gasteiger partial charge >= 0.3 is 0 Å². The van der Waals surface area contributed by atoms with Crippen LogP contribution in [0.15, 0.2) is 58.6 Å². The Labute approximate surface area is 199 Å². The minimum Gasteiger partial charge on any atom is -0.341 e. The van der Waals surface area contributed by atoms with Gasteiger partial charge in [0.2, 0.25) is 15.9 Å². The zero-order valence-electron chi connectivity index (χ0n) is 18.8. The summed E-state index contributed by atoms with van der Waals surface area (Å²) < 4.78 is 25.8. The Morgan fingerprint density at radius 1 is 1.12 bits per heavy atom. The fourth-order valence-electron chi connectivity index (χ4n) is 4.16. The number of hydrogen-bond donors (Lipinski definition) is 1. The summed E-state index contributed by atoms with van der Waals surface area (Å²) in [7, 11) is -3.83. The Bertz CT molecular complexity index is 1220. The quantitative estimate of drug-likeness (QED) is 0.478. The average Bonchev–Trinajstić information content (AvgIpc) is 3.17. The Hall–Kier alpha value is -2.36. The van der Waals surface area contributed by atoms with Crippen LogP contribution in [-0.4, -0.2) is 41.9 Å². The minimum atomic E-state index is -3.83. The number of fused-ring (bicyclic) bond motifs is 1. The molecule has 1 atom stereocenters. The van der Waals surface area contributed by atoms with Crippen molar-refractivity contribution in [2.24, 2.45) is 5.14 Å². The third-order valence-electron chi connectivity index (χ3n) is 5.97. The summed E-state index contributed by atoms with van der Waals surface area (Å²) in [5.41, 5.74) is 2.35. The number of carbonyl (C=O) groups is 1. The molecule has 0 aliphatic carbocycles. The number of benzene rings is 2. The number of carbonyl (C=O) groups excluding carboxylic acids is 1. The second-order valence-corrected chi connectivity index (χ2v) is 11.0. The molecule has 33 heavy (non-hydrogen) atoms. The first-order chi connectivity index (χ1) is 15.9. The predicted molar refractivity (Wildman–Crippen MR) is 131 cm³/mol. The smallest absolute Gasteiger partial charge is 0.240 e. The number of nitrogens with two attached hydrogens (primary N) is 1. The topological polar surface area (TPSA) is 98.3 Å². The van der Waals surface area contributed by atoms with E-state index < -0.39 is 15.3 Å². The number of thioether (sulfide) groups is 1. The number of aromatic nitrogens is 2. The molecular formula is C24H30N4O3S2. The zero-order chi connectivity index (χ0) is 23.4. The highest BCUT2D eigenvalue weighted by Gasteiger charge is 2.30. The number of nitrogens with zero attached hydrogens (tertiary/aromatic N) is 3. The van der Waals surface area contributed by atoms with E-state index in [4.69, 9.17) is 10.1 Å². The number of amides is 1. The van der Waals surface area contributed by atoms with Crippen molar-refractivity contribution < 1.29 is 13.2 Å². The maximum atomic E-state index is 13.6. The molecule has 0 radical (unpaired) electrons. The molecular weight excluding hydrogens is 456 g/mol. The monoisotopic (exact) mass is 486 g/mol. The molecule has 1 amide bonds. The van der Waals surface area contributed by atoms with Gasteiger partial charge in [-0.2, -0.15) is 0 Å². The van der Waals surface area contributed by atoms with E-state index in [9.17, 15) is 13.2 Å². The van der Waals surface area contributed by atoms with Crippen molar-refractivity contribution in [1.29, 1.82) is 0 Å². The highest BCUT2D eigenvalue weighted by molar-refractivity contribution is 8.00. The molecule has 4 rings (SSSR count). The predicted octanol–water partition coefficient (Wildman–Crippen LogP) is 4.33. The maximum Gasteiger partial charge on any atom is 0.240 e. The number of rotatable bonds is 8. The van der Waals surface area contributed by atoms with Crippen LogP contribution < -0.4 is 5.14 Å². The Morgan fingerprint density at radius 3 is 2.52 bits per heavy atom. The normalized spacial score (nSPS) is 15.6. The molecule has 176 valence electrons. The molecule has 9 heteroatoms. The Kier molecular flexibility index (Phi) is 7.41. The Morgan fingerprint density at radius 2 is 1.85 bits per heavy atom. The summed E-state index contributed by atoms with van der Waals surface area (Å²) in [5.74, 6) is 0.102. The van der Waals surface area contributed by atoms with Gasteiger partial charge in [-0.3, -0.25) is 4.79 Å². The van der Waals surface area contributed by atoms with Gasteiger partial charge in [0.1, 0.15) is 5.25 Å². The molecule has 2 aromatic carbocycles. The third-order valence-corrected chi connectivity index (χ3v) is 8.11. The van der Waals surface area contributed by atoms with E-state index >= 15 is 0 Å². The third kappa shape index (κ3) is 5.42. The molecule has 3 aromatic rings. The van der Waals surface area contributed by atoms with Crippen LogP contribution in [0.4, 0.5) is 0 Å². The van der Waals surface area contributed by atoms with E-state index in [0.29, 0.717) is 10.7 Å². The van der Waals surface area contributed by atoms with Crippen LogP contribution >= 0.6 is 11.8 Å². The van der Waals surface area contributed by atoms with Crippen molar-refractivity contribution in [2.45, 2.75) is 60.9 Å². The van der Waals surface area contributed by atoms with Gasteiger partial charge in [0.05, 0.1) is 15.9 Å². The van der Waals surface area contributed by atoms with Crippen molar-refractivity contribution in [2.75, 3.05) is 13.1 Å². The molecule has 7 nitrogen and oxygen atoms in total. The van der Waals surface area contributed by atoms with Crippen LogP contribution in [-0.2, 0) is 21.4 Å². The molecule has 1 fully saturated rings. The van der Waals surface area contributed by atoms with Gasteiger partial charge in [0.25, 0.3) is 0 Å². The molecule has 1 aliphatic heterocycles. The number of imidazole rings is 1. The van der Waals surface area contributed by atoms with Gasteiger partial charge in [-0.1, -0.05) is 55.4 Å². The number of primary sulfonamides is 1. The number of likely N-dealkylation sites (tertiary alicyclic amines) is 1. The van der Waals surface area contributed by atoms with Crippen molar-refractivity contribution in [3.05, 3.63) is 54.1 Å². The molecule has 0 unspecified atom stereocenters. The molecule has 1 aliphatic rings. The van der Waals surface area contributed by atoms with Crippen LogP contribution in [0.3, 0.4) is 0 Å². The average molecular weight is 487 g/mol. The first-order valence-corrected chi connectivity index (χ1v) is 13.8. The summed E-state index contributed by atoms with van der Waals surface area (Å²) in [4.78, 5) is 20.4. The second-order valence-electron chi connectivity index (χ2n) is 8.39. The lowest BCUT2D eigenvalue weighted by atomic mass is 10.1. The number of hydrogen-bond acceptors (Lipinski definition) is 5. The zero-order valence-corrected chi connectivity index (χ0v) is 20.4. The minimum absolute atomic E-state index is 0.0377. The number of aryl methyl sites for hydroxylation is 1. The number of sulfonamides is 1. The van der Waals surface area contributed by atoms with Crippen molar-refractivity contribution in [1.82, 2.24) is 14.5 Å². The summed E-state index contributed by atoms with van der Waals surface area (Å²) in [6, 6.07) is 14.6. The summed E-state index contributed by atoms with van der Waals surface area (Å²) in [5, 5.41) is 5.63. The van der Waals surface area contributed by atoms with E-state index in [1.54, 1.807) is 6.07 Å². The van der Waals surface area contributed by atoms with Crippen LogP contribution in [0.25, 0.3) is 11.0 Å². The van der Waals surface area contributed by atoms with E-state index in [2.05, 4.69) is 11.5 Å². The van der Waals surface area contributed by atoms with Crippen molar-refractivity contribution >= 4 is 38.7 Å². The van der Waals surface area contributed by atoms with Crippen LogP contribution in [0.5, 0.6) is 0 Å². The molecule has 2 N–H and O–H groups in total. The van der Waals surface area contributed by atoms with E-state index in [0.717, 1.165) is 62.8 Å². The number of piperidine rings is 1. The van der Waals surface area contributed by atoms with Crippen molar-refractivity contribution in [3.63, 3.8) is 0 Å². The van der Waals surface area contributed by atoms with Crippen LogP contribution in [0.1, 0.15) is 49.8 Å². The van der Waals surface area contributed by atoms with Gasteiger partial charge in [-0.15, -0.1) is 0 Å². The van der Waals surface area contributed by atoms with Gasteiger partial charge in [0, 0.05) is 19.6 Å². The fourth-order valence-corrected chi connectivity index (χ4v) is 5.92. The number of unbranched alkanes of at least 4 members (excludes halogenated alkanes) is 1. The van der Waals surface area contributed by atoms with Gasteiger partial charge in [-0.05, 0) is 49.4 Å². The molecule has 0 spiro atoms. The van der Waals surface area contributed by atoms with Gasteiger partial charge < -0.3 is 9.47 Å². The molecule has 2 heterocycles. The second kappa shape index (κ2) is 10.3. The SMILES string of the molecule is CCCCn1c(S[C@H](C(=O)N2CCCCC2)c2ccccc2)nc2cc(S(N)(=O)=O)ccc21. The van der Waals surface area contributed by atoms with Gasteiger partial charge in [-0.25, -0.2) is 18.5 Å². The summed E-state index contributed by atoms with van der Waals surface area (Å²) in [6.45, 7) is 4.43. The fraction of sp³-hybridized carbons (Fsp3) is 0.417. The highest BCUT2D eigenvalue weighted by Crippen LogP contribution is 2.38. The highest BCUT2D eigenvalue weighted by atomic mass is 32.2. The maximum absolute atomic E-state index is 13.6. The lowest BCUT2D eigenvalue weighted by molar-refractivity contribution is -0.131. The lowest BCUT2D eigenvalue weighted by Crippen LogP contribution is -2.38. The molecule has 0 bridgehead atoms. The van der Waals surface area contributed by atoms with Crippen LogP contribution in [0, 0.1) is 0 Å². The first-order valence-electron chi connectivity index (χ1n) is 11.4. The largest absolute Gasteiger partial charge is 0.341 e. The standard InChI is InChI=1S/C24H30N4O3S2/c1-2-3-16-28-21-13-12-19(33(25,30)31)17-20(21)26-24(28)32-22(18-10-6-4-7-11-18)23(29)27-14-8-5-9-15-27/h4,6-7,10-13,17,22H,2-3,5,8-9,14-16H2,1H3,(H2,25,30,31)/t22-/m0/s1. The van der Waals surface area contributed by atoms with Crippen molar-refractivity contribution in [3.8, 4) is 0 Å². The summed E-state index contributed by atoms with van der Waals surface area (Å²) in [6.07, 6.45) is 5.18. The lowest BCUT2D eigenvalue weighted by Gasteiger charge is -2.30. The van der Waals surface area contributed by atoms with E-state index in [1.165, 1.54) is 23.9 Å². The first kappa shape index (κ1) is 23.8. The van der Waals surface area contributed by atoms with E-state index in [-0.39, 0.29) is 10.8 Å². The summed E-state index contributed by atoms with van der Waals surface area (Å²) >= 11 is 1.44. The van der Waals surface area contributed by atoms with Gasteiger partial charge in [0.15, 0.2) is 5.16 Å². The van der Waals surface area contributed by atoms with E-state index in [1.807, 2.05) is 35.2 Å². The Balaban J connectivity index is 1.76. The van der Waals surface area contributed by atoms with Crippen LogP contribution in [0.2, 0.25) is 0 Å². The molecule has 1 saturated heterocycles. The molecule has 1 aromatic heterocycles. The molecule has 0 saturated carbocycles.